The highest BCUT2D eigenvalue weighted by Gasteiger charge is 2.22. The number of nitrogens with one attached hydrogen (secondary N) is 4. The molecule has 1 aromatic carbocycles. The lowest BCUT2D eigenvalue weighted by atomic mass is 9.87. The summed E-state index contributed by atoms with van der Waals surface area (Å²) in [6.45, 7) is 14.1. The van der Waals surface area contributed by atoms with Crippen LogP contribution in [0, 0.1) is 17.8 Å². The van der Waals surface area contributed by atoms with Crippen molar-refractivity contribution in [3.63, 3.8) is 0 Å². The lowest BCUT2D eigenvalue weighted by Gasteiger charge is -2.26. The molecular formula is C23H40N4O4. The number of anilines is 2. The molecular weight excluding hydrogens is 396 g/mol. The van der Waals surface area contributed by atoms with Crippen LogP contribution in [-0.2, 0) is 0 Å². The van der Waals surface area contributed by atoms with Gasteiger partial charge in [0.15, 0.2) is 0 Å². The number of benzene rings is 1. The Kier molecular flexibility index (Phi) is 9.77. The molecule has 31 heavy (non-hydrogen) atoms. The fraction of sp³-hybridized carbons (Fsp3) is 0.652. The molecule has 0 aliphatic rings. The summed E-state index contributed by atoms with van der Waals surface area (Å²) < 4.78 is 0. The first-order valence-electron chi connectivity index (χ1n) is 10.8. The first-order valence-corrected chi connectivity index (χ1v) is 10.8. The van der Waals surface area contributed by atoms with Gasteiger partial charge in [0.2, 0.25) is 0 Å². The molecule has 6 N–H and O–H groups in total. The van der Waals surface area contributed by atoms with Crippen molar-refractivity contribution < 1.29 is 19.8 Å². The van der Waals surface area contributed by atoms with Crippen molar-refractivity contribution in [3.05, 3.63) is 23.8 Å². The Labute approximate surface area is 186 Å². The minimum Gasteiger partial charge on any atom is -0.393 e. The number of aryl methyl sites for hydroxylation is 1. The summed E-state index contributed by atoms with van der Waals surface area (Å²) in [5.74, 6) is 0. The summed E-state index contributed by atoms with van der Waals surface area (Å²) >= 11 is 0. The van der Waals surface area contributed by atoms with Gasteiger partial charge in [0.25, 0.3) is 0 Å². The lowest BCUT2D eigenvalue weighted by Crippen LogP contribution is -2.38. The molecule has 0 fully saturated rings. The van der Waals surface area contributed by atoms with Crippen LogP contribution in [0.15, 0.2) is 18.2 Å². The number of carbonyl (C=O) groups excluding carboxylic acids is 2. The number of aliphatic hydroxyl groups is 2. The quantitative estimate of drug-likeness (QED) is 0.334. The van der Waals surface area contributed by atoms with Gasteiger partial charge in [0.1, 0.15) is 0 Å². The molecule has 4 amide bonds. The minimum absolute atomic E-state index is 0.231. The van der Waals surface area contributed by atoms with Gasteiger partial charge in [-0.15, -0.1) is 0 Å². The summed E-state index contributed by atoms with van der Waals surface area (Å²) in [7, 11) is 0. The average molecular weight is 437 g/mol. The molecule has 176 valence electrons. The third-order valence-corrected chi connectivity index (χ3v) is 4.89. The highest BCUT2D eigenvalue weighted by atomic mass is 16.3. The fourth-order valence-electron chi connectivity index (χ4n) is 3.56. The van der Waals surface area contributed by atoms with Crippen LogP contribution in [0.5, 0.6) is 0 Å². The van der Waals surface area contributed by atoms with Gasteiger partial charge in [0, 0.05) is 24.5 Å². The molecule has 0 spiro atoms. The fourth-order valence-corrected chi connectivity index (χ4v) is 3.56. The first kappa shape index (κ1) is 26.7. The molecule has 8 nitrogen and oxygen atoms in total. The number of hydrogen-bond donors (Lipinski definition) is 6. The molecule has 0 bridgehead atoms. The van der Waals surface area contributed by atoms with Crippen molar-refractivity contribution in [2.45, 2.75) is 73.5 Å². The normalized spacial score (nSPS) is 13.8. The number of aliphatic hydroxyl groups excluding tert-OH is 2. The van der Waals surface area contributed by atoms with Crippen molar-refractivity contribution in [2.24, 2.45) is 10.8 Å². The maximum atomic E-state index is 12.3. The van der Waals surface area contributed by atoms with Crippen LogP contribution in [0.3, 0.4) is 0 Å². The topological polar surface area (TPSA) is 123 Å². The third-order valence-electron chi connectivity index (χ3n) is 4.89. The zero-order valence-corrected chi connectivity index (χ0v) is 19.9. The molecule has 1 aromatic rings. The van der Waals surface area contributed by atoms with Gasteiger partial charge in [-0.3, -0.25) is 0 Å². The monoisotopic (exact) mass is 436 g/mol. The number of rotatable bonds is 10. The number of hydrogen-bond acceptors (Lipinski definition) is 4. The van der Waals surface area contributed by atoms with Crippen LogP contribution in [0.1, 0.15) is 59.9 Å². The molecule has 0 aliphatic heterocycles. The second-order valence-electron chi connectivity index (χ2n) is 10.1. The SMILES string of the molecule is Cc1ccc(NC(=O)NCC(C)(C)C[C@@H](C)O)cc1NC(=O)NCC(C)(C)C[C@@H](C)O. The Hall–Kier alpha value is -2.32. The van der Waals surface area contributed by atoms with Crippen LogP contribution < -0.4 is 21.3 Å². The van der Waals surface area contributed by atoms with Crippen LogP contribution in [-0.4, -0.2) is 47.6 Å². The molecule has 1 rings (SSSR count). The molecule has 0 unspecified atom stereocenters. The van der Waals surface area contributed by atoms with E-state index in [1.165, 1.54) is 0 Å². The molecule has 0 aromatic heterocycles. The zero-order valence-electron chi connectivity index (χ0n) is 19.9. The van der Waals surface area contributed by atoms with Gasteiger partial charge in [-0.2, -0.15) is 0 Å². The number of amides is 4. The van der Waals surface area contributed by atoms with Crippen molar-refractivity contribution in [2.75, 3.05) is 23.7 Å². The van der Waals surface area contributed by atoms with Crippen LogP contribution in [0.25, 0.3) is 0 Å². The Morgan fingerprint density at radius 2 is 1.32 bits per heavy atom. The third kappa shape index (κ3) is 11.0. The largest absolute Gasteiger partial charge is 0.393 e. The summed E-state index contributed by atoms with van der Waals surface area (Å²) in [6, 6.07) is 4.60. The molecule has 8 heteroatoms. The van der Waals surface area contributed by atoms with Crippen molar-refractivity contribution in [1.29, 1.82) is 0 Å². The smallest absolute Gasteiger partial charge is 0.319 e. The zero-order chi connectivity index (χ0) is 23.8. The van der Waals surface area contributed by atoms with Gasteiger partial charge in [0.05, 0.1) is 12.2 Å². The Morgan fingerprint density at radius 3 is 1.77 bits per heavy atom. The average Bonchev–Trinajstić information content (AvgIpc) is 2.59. The summed E-state index contributed by atoms with van der Waals surface area (Å²) in [5, 5.41) is 30.4. The van der Waals surface area contributed by atoms with E-state index in [0.717, 1.165) is 5.56 Å². The second kappa shape index (κ2) is 11.3. The summed E-state index contributed by atoms with van der Waals surface area (Å²) in [5.41, 5.74) is 1.55. The second-order valence-corrected chi connectivity index (χ2v) is 10.1. The predicted molar refractivity (Wildman–Crippen MR) is 125 cm³/mol. The summed E-state index contributed by atoms with van der Waals surface area (Å²) in [4.78, 5) is 24.6. The maximum absolute atomic E-state index is 12.3. The van der Waals surface area contributed by atoms with E-state index in [2.05, 4.69) is 21.3 Å². The highest BCUT2D eigenvalue weighted by Crippen LogP contribution is 2.23. The van der Waals surface area contributed by atoms with Crippen LogP contribution >= 0.6 is 0 Å². The Bertz CT molecular complexity index is 745. The van der Waals surface area contributed by atoms with Crippen molar-refractivity contribution in [3.8, 4) is 0 Å². The molecule has 0 saturated heterocycles. The molecule has 0 radical (unpaired) electrons. The summed E-state index contributed by atoms with van der Waals surface area (Å²) in [6.07, 6.45) is 0.284. The number of carbonyl (C=O) groups is 2. The standard InChI is InChI=1S/C23H40N4O4/c1-15-8-9-18(26-20(30)24-13-22(4,5)11-16(2)28)10-19(15)27-21(31)25-14-23(6,7)12-17(3)29/h8-10,16-17,28-29H,11-14H2,1-7H3,(H2,24,26,30)(H2,25,27,31)/t16-,17-/m1/s1. The van der Waals surface area contributed by atoms with Crippen LogP contribution in [0.2, 0.25) is 0 Å². The van der Waals surface area contributed by atoms with E-state index < -0.39 is 12.2 Å². The van der Waals surface area contributed by atoms with E-state index in [1.54, 1.807) is 26.0 Å². The predicted octanol–water partition coefficient (Wildman–Crippen LogP) is 3.83. The van der Waals surface area contributed by atoms with E-state index in [0.29, 0.717) is 37.3 Å². The maximum Gasteiger partial charge on any atom is 0.319 e. The van der Waals surface area contributed by atoms with Gasteiger partial charge >= 0.3 is 12.1 Å². The van der Waals surface area contributed by atoms with Gasteiger partial charge in [-0.25, -0.2) is 9.59 Å². The van der Waals surface area contributed by atoms with E-state index >= 15 is 0 Å². The Balaban J connectivity index is 2.64. The lowest BCUT2D eigenvalue weighted by molar-refractivity contribution is 0.129. The van der Waals surface area contributed by atoms with Gasteiger partial charge in [-0.05, 0) is 62.1 Å². The molecule has 0 aliphatic carbocycles. The minimum atomic E-state index is -0.436. The van der Waals surface area contributed by atoms with Gasteiger partial charge in [-0.1, -0.05) is 33.8 Å². The van der Waals surface area contributed by atoms with E-state index in [9.17, 15) is 19.8 Å². The molecule has 2 atom stereocenters. The van der Waals surface area contributed by atoms with E-state index in [-0.39, 0.29) is 22.9 Å². The first-order chi connectivity index (χ1) is 14.2. The molecule has 0 heterocycles. The van der Waals surface area contributed by atoms with E-state index in [1.807, 2.05) is 40.7 Å². The van der Waals surface area contributed by atoms with Crippen molar-refractivity contribution in [1.82, 2.24) is 10.6 Å². The highest BCUT2D eigenvalue weighted by molar-refractivity contribution is 5.93. The number of urea groups is 2. The molecule has 0 saturated carbocycles. The Morgan fingerprint density at radius 1 is 0.871 bits per heavy atom. The van der Waals surface area contributed by atoms with E-state index in [4.69, 9.17) is 0 Å². The van der Waals surface area contributed by atoms with Crippen LogP contribution in [0.4, 0.5) is 21.0 Å². The van der Waals surface area contributed by atoms with Gasteiger partial charge < -0.3 is 31.5 Å². The van der Waals surface area contributed by atoms with Crippen molar-refractivity contribution >= 4 is 23.4 Å².